The SMILES string of the molecule is COc1ccc(-c2nc(SCC(=O)N(CCC#N)c3cccc(Cl)c3)n[nH]2)cc1. The highest BCUT2D eigenvalue weighted by Gasteiger charge is 2.17. The van der Waals surface area contributed by atoms with Gasteiger partial charge in [-0.15, -0.1) is 5.10 Å². The van der Waals surface area contributed by atoms with Gasteiger partial charge in [0, 0.05) is 22.8 Å². The predicted octanol–water partition coefficient (Wildman–Crippen LogP) is 4.17. The Morgan fingerprint density at radius 2 is 2.10 bits per heavy atom. The van der Waals surface area contributed by atoms with E-state index in [1.165, 1.54) is 11.8 Å². The van der Waals surface area contributed by atoms with Gasteiger partial charge in [-0.05, 0) is 42.5 Å². The predicted molar refractivity (Wildman–Crippen MR) is 113 cm³/mol. The molecule has 1 amide bonds. The summed E-state index contributed by atoms with van der Waals surface area (Å²) in [6.07, 6.45) is 0.227. The third-order valence-electron chi connectivity index (χ3n) is 4.02. The van der Waals surface area contributed by atoms with E-state index in [1.807, 2.05) is 24.3 Å². The molecule has 0 fully saturated rings. The molecule has 1 heterocycles. The number of anilines is 1. The molecule has 0 aliphatic heterocycles. The molecule has 0 unspecified atom stereocenters. The lowest BCUT2D eigenvalue weighted by Crippen LogP contribution is -2.33. The lowest BCUT2D eigenvalue weighted by atomic mass is 10.2. The minimum atomic E-state index is -0.150. The van der Waals surface area contributed by atoms with Crippen molar-refractivity contribution in [2.75, 3.05) is 24.3 Å². The van der Waals surface area contributed by atoms with Gasteiger partial charge >= 0.3 is 0 Å². The van der Waals surface area contributed by atoms with Gasteiger partial charge in [0.2, 0.25) is 11.1 Å². The number of aromatic nitrogens is 3. The number of nitrogens with one attached hydrogen (secondary N) is 1. The number of amides is 1. The summed E-state index contributed by atoms with van der Waals surface area (Å²) in [4.78, 5) is 18.7. The van der Waals surface area contributed by atoms with E-state index in [2.05, 4.69) is 21.3 Å². The minimum Gasteiger partial charge on any atom is -0.497 e. The fourth-order valence-corrected chi connectivity index (χ4v) is 3.46. The molecule has 1 aromatic heterocycles. The molecule has 0 radical (unpaired) electrons. The number of nitrogens with zero attached hydrogens (tertiary/aromatic N) is 4. The number of thioether (sulfide) groups is 1. The first-order valence-electron chi connectivity index (χ1n) is 8.73. The van der Waals surface area contributed by atoms with Crippen molar-refractivity contribution in [2.45, 2.75) is 11.6 Å². The van der Waals surface area contributed by atoms with Crippen LogP contribution in [-0.4, -0.2) is 40.5 Å². The number of methoxy groups -OCH3 is 1. The summed E-state index contributed by atoms with van der Waals surface area (Å²) in [5.41, 5.74) is 1.53. The number of carbonyl (C=O) groups is 1. The number of ether oxygens (including phenoxy) is 1. The maximum absolute atomic E-state index is 12.8. The van der Waals surface area contributed by atoms with Crippen LogP contribution in [0.2, 0.25) is 5.02 Å². The van der Waals surface area contributed by atoms with Crippen LogP contribution < -0.4 is 9.64 Å². The zero-order valence-corrected chi connectivity index (χ0v) is 17.2. The van der Waals surface area contributed by atoms with E-state index in [0.29, 0.717) is 28.2 Å². The summed E-state index contributed by atoms with van der Waals surface area (Å²) in [5.74, 6) is 1.35. The Morgan fingerprint density at radius 1 is 1.31 bits per heavy atom. The van der Waals surface area contributed by atoms with Gasteiger partial charge in [-0.2, -0.15) is 5.26 Å². The summed E-state index contributed by atoms with van der Waals surface area (Å²) in [5, 5.41) is 16.9. The van der Waals surface area contributed by atoms with Gasteiger partial charge in [-0.1, -0.05) is 29.4 Å². The van der Waals surface area contributed by atoms with Crippen molar-refractivity contribution in [2.24, 2.45) is 0 Å². The van der Waals surface area contributed by atoms with Crippen LogP contribution in [0.15, 0.2) is 53.7 Å². The Bertz CT molecular complexity index is 1020. The topological polar surface area (TPSA) is 94.9 Å². The number of carbonyl (C=O) groups excluding carboxylic acids is 1. The summed E-state index contributed by atoms with van der Waals surface area (Å²) in [6.45, 7) is 0.293. The molecule has 3 aromatic rings. The molecule has 3 rings (SSSR count). The summed E-state index contributed by atoms with van der Waals surface area (Å²) >= 11 is 7.27. The molecule has 9 heteroatoms. The van der Waals surface area contributed by atoms with Crippen LogP contribution in [-0.2, 0) is 4.79 Å². The van der Waals surface area contributed by atoms with Crippen molar-refractivity contribution in [1.82, 2.24) is 15.2 Å². The van der Waals surface area contributed by atoms with Gasteiger partial charge in [-0.3, -0.25) is 9.89 Å². The third kappa shape index (κ3) is 5.50. The lowest BCUT2D eigenvalue weighted by Gasteiger charge is -2.21. The van der Waals surface area contributed by atoms with Crippen LogP contribution in [0.4, 0.5) is 5.69 Å². The standard InChI is InChI=1S/C20H18ClN5O2S/c1-28-17-8-6-14(7-9-17)19-23-20(25-24-19)29-13-18(27)26(11-3-10-22)16-5-2-4-15(21)12-16/h2,4-9,12H,3,11,13H2,1H3,(H,23,24,25). The average molecular weight is 428 g/mol. The first-order valence-corrected chi connectivity index (χ1v) is 10.1. The van der Waals surface area contributed by atoms with Crippen molar-refractivity contribution < 1.29 is 9.53 Å². The van der Waals surface area contributed by atoms with E-state index in [4.69, 9.17) is 21.6 Å². The Kier molecular flexibility index (Phi) is 7.11. The molecule has 0 aliphatic rings. The van der Waals surface area contributed by atoms with E-state index in [9.17, 15) is 4.79 Å². The maximum atomic E-state index is 12.8. The molecule has 0 spiro atoms. The molecule has 0 saturated heterocycles. The monoisotopic (exact) mass is 427 g/mol. The zero-order chi connectivity index (χ0) is 20.6. The van der Waals surface area contributed by atoms with Crippen LogP contribution in [0.5, 0.6) is 5.75 Å². The molecule has 0 atom stereocenters. The second-order valence-corrected chi connectivity index (χ2v) is 7.30. The Balaban J connectivity index is 1.66. The highest BCUT2D eigenvalue weighted by atomic mass is 35.5. The number of nitriles is 1. The lowest BCUT2D eigenvalue weighted by molar-refractivity contribution is -0.116. The summed E-state index contributed by atoms with van der Waals surface area (Å²) in [6, 6.07) is 16.5. The van der Waals surface area contributed by atoms with Crippen molar-refractivity contribution in [3.05, 3.63) is 53.6 Å². The largest absolute Gasteiger partial charge is 0.497 e. The van der Waals surface area contributed by atoms with Crippen molar-refractivity contribution >= 4 is 35.0 Å². The summed E-state index contributed by atoms with van der Waals surface area (Å²) < 4.78 is 5.15. The number of hydrogen-bond acceptors (Lipinski definition) is 6. The molecule has 2 aromatic carbocycles. The van der Waals surface area contributed by atoms with Crippen LogP contribution in [0, 0.1) is 11.3 Å². The van der Waals surface area contributed by atoms with E-state index in [-0.39, 0.29) is 18.1 Å². The Morgan fingerprint density at radius 3 is 2.79 bits per heavy atom. The van der Waals surface area contributed by atoms with Crippen LogP contribution in [0.25, 0.3) is 11.4 Å². The minimum absolute atomic E-state index is 0.137. The van der Waals surface area contributed by atoms with E-state index in [1.54, 1.807) is 36.3 Å². The second-order valence-electron chi connectivity index (χ2n) is 5.92. The number of hydrogen-bond donors (Lipinski definition) is 1. The molecular formula is C20H18ClN5O2S. The fourth-order valence-electron chi connectivity index (χ4n) is 2.60. The molecule has 0 bridgehead atoms. The number of rotatable bonds is 8. The van der Waals surface area contributed by atoms with Crippen molar-refractivity contribution in [1.29, 1.82) is 5.26 Å². The normalized spacial score (nSPS) is 10.4. The molecule has 29 heavy (non-hydrogen) atoms. The molecular weight excluding hydrogens is 410 g/mol. The van der Waals surface area contributed by atoms with E-state index >= 15 is 0 Å². The average Bonchev–Trinajstić information content (AvgIpc) is 3.22. The van der Waals surface area contributed by atoms with Crippen LogP contribution in [0.3, 0.4) is 0 Å². The first-order chi connectivity index (χ1) is 14.1. The van der Waals surface area contributed by atoms with Gasteiger partial charge in [0.15, 0.2) is 5.82 Å². The molecule has 0 saturated carbocycles. The van der Waals surface area contributed by atoms with Crippen LogP contribution >= 0.6 is 23.4 Å². The smallest absolute Gasteiger partial charge is 0.237 e. The van der Waals surface area contributed by atoms with E-state index in [0.717, 1.165) is 11.3 Å². The van der Waals surface area contributed by atoms with Gasteiger partial charge in [0.05, 0.1) is 25.4 Å². The highest BCUT2D eigenvalue weighted by molar-refractivity contribution is 7.99. The molecule has 148 valence electrons. The third-order valence-corrected chi connectivity index (χ3v) is 5.09. The van der Waals surface area contributed by atoms with Gasteiger partial charge < -0.3 is 9.64 Å². The molecule has 1 N–H and O–H groups in total. The maximum Gasteiger partial charge on any atom is 0.237 e. The first kappa shape index (κ1) is 20.7. The molecule has 0 aliphatic carbocycles. The van der Waals surface area contributed by atoms with Gasteiger partial charge in [0.25, 0.3) is 0 Å². The van der Waals surface area contributed by atoms with Crippen molar-refractivity contribution in [3.8, 4) is 23.2 Å². The van der Waals surface area contributed by atoms with Gasteiger partial charge in [0.1, 0.15) is 5.75 Å². The quantitative estimate of drug-likeness (QED) is 0.542. The number of H-pyrrole nitrogens is 1. The van der Waals surface area contributed by atoms with Gasteiger partial charge in [-0.25, -0.2) is 4.98 Å². The number of benzene rings is 2. The molecule has 7 nitrogen and oxygen atoms in total. The highest BCUT2D eigenvalue weighted by Crippen LogP contribution is 2.24. The van der Waals surface area contributed by atoms with E-state index < -0.39 is 0 Å². The number of halogens is 1. The zero-order valence-electron chi connectivity index (χ0n) is 15.6. The number of aromatic amines is 1. The fraction of sp³-hybridized carbons (Fsp3) is 0.200. The Labute approximate surface area is 177 Å². The van der Waals surface area contributed by atoms with Crippen LogP contribution in [0.1, 0.15) is 6.42 Å². The Hall–Kier alpha value is -3.02. The second kappa shape index (κ2) is 9.96. The van der Waals surface area contributed by atoms with Crippen molar-refractivity contribution in [3.63, 3.8) is 0 Å². The summed E-state index contributed by atoms with van der Waals surface area (Å²) in [7, 11) is 1.61.